The fraction of sp³-hybridized carbons (Fsp3) is 0.655. The molecule has 3 rings (SSSR count). The molecule has 0 spiro atoms. The van der Waals surface area contributed by atoms with Gasteiger partial charge in [-0.15, -0.1) is 0 Å². The van der Waals surface area contributed by atoms with Crippen LogP contribution in [0.15, 0.2) is 6.07 Å². The van der Waals surface area contributed by atoms with E-state index in [0.717, 1.165) is 25.7 Å². The normalized spacial score (nSPS) is 17.7. The van der Waals surface area contributed by atoms with Crippen LogP contribution >= 0.6 is 0 Å². The number of nitrogens with one attached hydrogen (secondary N) is 2. The second-order valence-electron chi connectivity index (χ2n) is 12.0. The standard InChI is InChI=1S/C29H39F4N3O7/c1-29(2,3)43-22(38)13-20(21(37)15-42-25-23(32)18(30)12-19(31)24(25)33)35-26(39)17-8-10-36(11-9-17)28(41)27(40)34-14-16-6-4-5-7-16/h12,16-17,20-21,37H,4-11,13-15H2,1-3H3,(H,34,40)(H,35,39)/t20-,21?/m0/s1. The molecule has 0 radical (unpaired) electrons. The SMILES string of the molecule is CC(C)(C)OC(=O)C[C@H](NC(=O)C1CCN(C(=O)C(=O)NCC2CCCC2)CC1)C(O)COc1c(F)c(F)cc(F)c1F. The van der Waals surface area contributed by atoms with E-state index < -0.39 is 89.4 Å². The average Bonchev–Trinajstić information content (AvgIpc) is 3.47. The molecule has 3 N–H and O–H groups in total. The van der Waals surface area contributed by atoms with E-state index in [1.165, 1.54) is 4.90 Å². The molecule has 0 bridgehead atoms. The lowest BCUT2D eigenvalue weighted by molar-refractivity contribution is -0.156. The van der Waals surface area contributed by atoms with Crippen LogP contribution in [0.4, 0.5) is 17.6 Å². The van der Waals surface area contributed by atoms with Gasteiger partial charge in [-0.1, -0.05) is 12.8 Å². The Morgan fingerprint density at radius 3 is 2.14 bits per heavy atom. The van der Waals surface area contributed by atoms with Gasteiger partial charge in [-0.25, -0.2) is 8.78 Å². The van der Waals surface area contributed by atoms with Crippen LogP contribution in [0.3, 0.4) is 0 Å². The number of hydrogen-bond donors (Lipinski definition) is 3. The highest BCUT2D eigenvalue weighted by atomic mass is 19.2. The Labute approximate surface area is 247 Å². The third-order valence-corrected chi connectivity index (χ3v) is 7.44. The second kappa shape index (κ2) is 14.8. The van der Waals surface area contributed by atoms with Crippen LogP contribution in [0.2, 0.25) is 0 Å². The highest BCUT2D eigenvalue weighted by molar-refractivity contribution is 6.35. The number of halogens is 4. The van der Waals surface area contributed by atoms with Gasteiger partial charge in [0.2, 0.25) is 17.5 Å². The van der Waals surface area contributed by atoms with Gasteiger partial charge in [0.15, 0.2) is 17.4 Å². The zero-order valence-electron chi connectivity index (χ0n) is 24.5. The van der Waals surface area contributed by atoms with Crippen molar-refractivity contribution in [2.75, 3.05) is 26.2 Å². The minimum Gasteiger partial charge on any atom is -0.485 e. The summed E-state index contributed by atoms with van der Waals surface area (Å²) in [5.41, 5.74) is -0.902. The second-order valence-corrected chi connectivity index (χ2v) is 12.0. The number of carbonyl (C=O) groups excluding carboxylic acids is 4. The van der Waals surface area contributed by atoms with Crippen LogP contribution < -0.4 is 15.4 Å². The van der Waals surface area contributed by atoms with Crippen molar-refractivity contribution in [1.82, 2.24) is 15.5 Å². The Morgan fingerprint density at radius 1 is 1.00 bits per heavy atom. The minimum absolute atomic E-state index is 0.00124. The number of aliphatic hydroxyl groups excluding tert-OH is 1. The van der Waals surface area contributed by atoms with Crippen molar-refractivity contribution in [2.45, 2.75) is 83.5 Å². The van der Waals surface area contributed by atoms with Gasteiger partial charge in [0.25, 0.3) is 0 Å². The number of aliphatic hydroxyl groups is 1. The number of ether oxygens (including phenoxy) is 2. The number of carbonyl (C=O) groups is 4. The molecular weight excluding hydrogens is 578 g/mol. The molecule has 1 unspecified atom stereocenters. The van der Waals surface area contributed by atoms with E-state index in [4.69, 9.17) is 9.47 Å². The molecule has 1 aromatic carbocycles. The molecule has 1 aromatic rings. The molecule has 3 amide bonds. The summed E-state index contributed by atoms with van der Waals surface area (Å²) < 4.78 is 65.2. The smallest absolute Gasteiger partial charge is 0.311 e. The fourth-order valence-corrected chi connectivity index (χ4v) is 5.12. The summed E-state index contributed by atoms with van der Waals surface area (Å²) in [5, 5.41) is 15.9. The first-order valence-electron chi connectivity index (χ1n) is 14.4. The Kier molecular flexibility index (Phi) is 11.8. The first kappa shape index (κ1) is 34.1. The van der Waals surface area contributed by atoms with Gasteiger partial charge in [0.1, 0.15) is 18.3 Å². The van der Waals surface area contributed by atoms with Gasteiger partial charge < -0.3 is 30.1 Å². The van der Waals surface area contributed by atoms with Gasteiger partial charge in [-0.05, 0) is 52.4 Å². The van der Waals surface area contributed by atoms with Crippen molar-refractivity contribution in [3.05, 3.63) is 29.3 Å². The summed E-state index contributed by atoms with van der Waals surface area (Å²) in [6, 6.07) is -1.37. The van der Waals surface area contributed by atoms with E-state index in [0.29, 0.717) is 12.5 Å². The number of piperidine rings is 1. The topological polar surface area (TPSA) is 134 Å². The lowest BCUT2D eigenvalue weighted by Gasteiger charge is -2.32. The maximum atomic E-state index is 14.0. The van der Waals surface area contributed by atoms with Gasteiger partial charge in [-0.2, -0.15) is 8.78 Å². The van der Waals surface area contributed by atoms with E-state index in [9.17, 15) is 41.8 Å². The van der Waals surface area contributed by atoms with E-state index in [-0.39, 0.29) is 32.0 Å². The molecule has 1 heterocycles. The molecule has 1 aliphatic heterocycles. The van der Waals surface area contributed by atoms with Crippen molar-refractivity contribution < 1.29 is 51.3 Å². The molecule has 1 saturated carbocycles. The summed E-state index contributed by atoms with van der Waals surface area (Å²) in [5.74, 6) is -11.5. The Morgan fingerprint density at radius 2 is 1.58 bits per heavy atom. The van der Waals surface area contributed by atoms with Crippen molar-refractivity contribution in [3.8, 4) is 5.75 Å². The number of hydrogen-bond acceptors (Lipinski definition) is 7. The molecular formula is C29H39F4N3O7. The molecule has 240 valence electrons. The van der Waals surface area contributed by atoms with E-state index in [1.807, 2.05) is 0 Å². The van der Waals surface area contributed by atoms with Crippen LogP contribution in [0, 0.1) is 35.1 Å². The average molecular weight is 618 g/mol. The van der Waals surface area contributed by atoms with Crippen LogP contribution in [-0.4, -0.2) is 77.7 Å². The van der Waals surface area contributed by atoms with Crippen molar-refractivity contribution in [2.24, 2.45) is 11.8 Å². The van der Waals surface area contributed by atoms with Gasteiger partial charge >= 0.3 is 17.8 Å². The number of benzene rings is 1. The number of esters is 1. The third kappa shape index (κ3) is 9.80. The zero-order valence-corrected chi connectivity index (χ0v) is 24.5. The van der Waals surface area contributed by atoms with Gasteiger partial charge in [0.05, 0.1) is 12.5 Å². The lowest BCUT2D eigenvalue weighted by Crippen LogP contribution is -2.52. The zero-order chi connectivity index (χ0) is 31.9. The highest BCUT2D eigenvalue weighted by Crippen LogP contribution is 2.27. The molecule has 14 heteroatoms. The summed E-state index contributed by atoms with van der Waals surface area (Å²) in [4.78, 5) is 51.8. The molecule has 2 fully saturated rings. The Balaban J connectivity index is 1.59. The van der Waals surface area contributed by atoms with Crippen LogP contribution in [0.25, 0.3) is 0 Å². The van der Waals surface area contributed by atoms with Crippen LogP contribution in [-0.2, 0) is 23.9 Å². The van der Waals surface area contributed by atoms with Crippen molar-refractivity contribution in [3.63, 3.8) is 0 Å². The molecule has 0 aromatic heterocycles. The monoisotopic (exact) mass is 617 g/mol. The Bertz CT molecular complexity index is 1150. The maximum absolute atomic E-state index is 14.0. The predicted octanol–water partition coefficient (Wildman–Crippen LogP) is 2.74. The first-order chi connectivity index (χ1) is 20.2. The number of likely N-dealkylation sites (tertiary alicyclic amines) is 1. The summed E-state index contributed by atoms with van der Waals surface area (Å²) in [6.07, 6.45) is 2.31. The quantitative estimate of drug-likeness (QED) is 0.159. The van der Waals surface area contributed by atoms with Crippen molar-refractivity contribution >= 4 is 23.7 Å². The minimum atomic E-state index is -1.81. The lowest BCUT2D eigenvalue weighted by atomic mass is 9.94. The Hall–Kier alpha value is -3.42. The van der Waals surface area contributed by atoms with E-state index in [1.54, 1.807) is 20.8 Å². The molecule has 2 atom stereocenters. The molecule has 43 heavy (non-hydrogen) atoms. The molecule has 10 nitrogen and oxygen atoms in total. The van der Waals surface area contributed by atoms with Crippen molar-refractivity contribution in [1.29, 1.82) is 0 Å². The van der Waals surface area contributed by atoms with E-state index in [2.05, 4.69) is 10.6 Å². The fourth-order valence-electron chi connectivity index (χ4n) is 5.12. The summed E-state index contributed by atoms with van der Waals surface area (Å²) >= 11 is 0. The predicted molar refractivity (Wildman–Crippen MR) is 144 cm³/mol. The molecule has 2 aliphatic rings. The summed E-state index contributed by atoms with van der Waals surface area (Å²) in [6.45, 7) is 4.57. The highest BCUT2D eigenvalue weighted by Gasteiger charge is 2.34. The molecule has 1 aliphatic carbocycles. The van der Waals surface area contributed by atoms with Crippen LogP contribution in [0.5, 0.6) is 5.75 Å². The van der Waals surface area contributed by atoms with Gasteiger partial charge in [-0.3, -0.25) is 19.2 Å². The number of amides is 3. The van der Waals surface area contributed by atoms with E-state index >= 15 is 0 Å². The van der Waals surface area contributed by atoms with Gasteiger partial charge in [0, 0.05) is 31.6 Å². The number of nitrogens with zero attached hydrogens (tertiary/aromatic N) is 1. The van der Waals surface area contributed by atoms with Crippen LogP contribution in [0.1, 0.15) is 65.7 Å². The largest absolute Gasteiger partial charge is 0.485 e. The first-order valence-corrected chi connectivity index (χ1v) is 14.4. The maximum Gasteiger partial charge on any atom is 0.311 e. The molecule has 1 saturated heterocycles. The number of rotatable bonds is 10. The summed E-state index contributed by atoms with van der Waals surface area (Å²) in [7, 11) is 0. The third-order valence-electron chi connectivity index (χ3n) is 7.44.